The van der Waals surface area contributed by atoms with Crippen molar-refractivity contribution in [2.75, 3.05) is 26.9 Å². The van der Waals surface area contributed by atoms with E-state index >= 15 is 0 Å². The zero-order valence-electron chi connectivity index (χ0n) is 12.5. The molecule has 3 heteroatoms. The third-order valence-electron chi connectivity index (χ3n) is 3.56. The lowest BCUT2D eigenvalue weighted by molar-refractivity contribution is -0.0324. The Morgan fingerprint density at radius 3 is 2.28 bits per heavy atom. The zero-order valence-corrected chi connectivity index (χ0v) is 12.5. The average Bonchev–Trinajstić information content (AvgIpc) is 2.36. The van der Waals surface area contributed by atoms with Crippen molar-refractivity contribution in [2.24, 2.45) is 11.8 Å². The van der Waals surface area contributed by atoms with E-state index in [0.29, 0.717) is 24.0 Å². The van der Waals surface area contributed by atoms with Gasteiger partial charge in [-0.05, 0) is 51.4 Å². The van der Waals surface area contributed by atoms with E-state index in [1.54, 1.807) is 0 Å². The fourth-order valence-corrected chi connectivity index (χ4v) is 2.69. The van der Waals surface area contributed by atoms with Crippen LogP contribution in [0.2, 0.25) is 0 Å². The first-order chi connectivity index (χ1) is 8.65. The van der Waals surface area contributed by atoms with E-state index in [0.717, 1.165) is 39.1 Å². The van der Waals surface area contributed by atoms with Crippen LogP contribution < -0.4 is 0 Å². The Kier molecular flexibility index (Phi) is 7.87. The minimum atomic E-state index is 0.322. The van der Waals surface area contributed by atoms with Crippen molar-refractivity contribution in [3.63, 3.8) is 0 Å². The third-order valence-corrected chi connectivity index (χ3v) is 3.56. The fourth-order valence-electron chi connectivity index (χ4n) is 2.69. The molecular weight excluding hydrogens is 228 g/mol. The molecule has 0 aromatic heterocycles. The van der Waals surface area contributed by atoms with E-state index < -0.39 is 0 Å². The van der Waals surface area contributed by atoms with Crippen LogP contribution in [0.3, 0.4) is 0 Å². The topological polar surface area (TPSA) is 27.7 Å². The summed E-state index contributed by atoms with van der Waals surface area (Å²) in [5, 5.41) is 0. The Hall–Kier alpha value is -0.120. The summed E-state index contributed by atoms with van der Waals surface area (Å²) in [5.41, 5.74) is 0. The van der Waals surface area contributed by atoms with Gasteiger partial charge in [0.15, 0.2) is 0 Å². The van der Waals surface area contributed by atoms with Crippen molar-refractivity contribution in [2.45, 2.75) is 58.7 Å². The van der Waals surface area contributed by atoms with Gasteiger partial charge in [0.05, 0.1) is 12.2 Å². The molecule has 18 heavy (non-hydrogen) atoms. The maximum atomic E-state index is 5.75. The molecule has 0 N–H and O–H groups in total. The van der Waals surface area contributed by atoms with Gasteiger partial charge in [0.2, 0.25) is 0 Å². The van der Waals surface area contributed by atoms with Crippen LogP contribution >= 0.6 is 0 Å². The lowest BCUT2D eigenvalue weighted by Gasteiger charge is -2.34. The van der Waals surface area contributed by atoms with Crippen LogP contribution in [0.1, 0.15) is 46.5 Å². The summed E-state index contributed by atoms with van der Waals surface area (Å²) in [4.78, 5) is 0. The normalized spacial score (nSPS) is 28.8. The molecule has 1 saturated carbocycles. The maximum absolute atomic E-state index is 5.75. The Morgan fingerprint density at radius 2 is 1.72 bits per heavy atom. The minimum Gasteiger partial charge on any atom is -0.381 e. The summed E-state index contributed by atoms with van der Waals surface area (Å²) < 4.78 is 17.0. The van der Waals surface area contributed by atoms with Gasteiger partial charge < -0.3 is 14.2 Å². The van der Waals surface area contributed by atoms with Gasteiger partial charge in [0.1, 0.15) is 0 Å². The molecule has 3 unspecified atom stereocenters. The van der Waals surface area contributed by atoms with Crippen LogP contribution in [0.15, 0.2) is 0 Å². The molecule has 1 rings (SSSR count). The van der Waals surface area contributed by atoms with Gasteiger partial charge >= 0.3 is 0 Å². The second-order valence-electron chi connectivity index (χ2n) is 5.75. The number of hydrogen-bond donors (Lipinski definition) is 0. The molecule has 1 fully saturated rings. The van der Waals surface area contributed by atoms with Crippen LogP contribution in [0, 0.1) is 11.8 Å². The van der Waals surface area contributed by atoms with Gasteiger partial charge in [-0.15, -0.1) is 0 Å². The lowest BCUT2D eigenvalue weighted by Crippen LogP contribution is -2.32. The van der Waals surface area contributed by atoms with E-state index in [1.165, 1.54) is 6.42 Å². The number of methoxy groups -OCH3 is 1. The second-order valence-corrected chi connectivity index (χ2v) is 5.75. The Labute approximate surface area is 112 Å². The number of ether oxygens (including phenoxy) is 3. The number of hydrogen-bond acceptors (Lipinski definition) is 3. The molecule has 0 aromatic carbocycles. The van der Waals surface area contributed by atoms with Crippen LogP contribution in [0.25, 0.3) is 0 Å². The summed E-state index contributed by atoms with van der Waals surface area (Å²) in [6, 6.07) is 0. The van der Waals surface area contributed by atoms with Crippen molar-refractivity contribution in [1.29, 1.82) is 0 Å². The van der Waals surface area contributed by atoms with Crippen molar-refractivity contribution < 1.29 is 14.2 Å². The summed E-state index contributed by atoms with van der Waals surface area (Å²) >= 11 is 0. The summed E-state index contributed by atoms with van der Waals surface area (Å²) in [6.45, 7) is 8.96. The largest absolute Gasteiger partial charge is 0.381 e. The van der Waals surface area contributed by atoms with Crippen LogP contribution in [-0.4, -0.2) is 39.1 Å². The molecule has 0 spiro atoms. The standard InChI is InChI=1S/C15H30O3/c1-5-6-17-10-13-7-14(11-18-12(2)3)9-15(8-13)16-4/h12-15H,5-11H2,1-4H3. The Balaban J connectivity index is 2.34. The van der Waals surface area contributed by atoms with Gasteiger partial charge in [0, 0.05) is 26.9 Å². The maximum Gasteiger partial charge on any atom is 0.0578 e. The molecule has 0 radical (unpaired) electrons. The molecule has 0 bridgehead atoms. The van der Waals surface area contributed by atoms with E-state index in [-0.39, 0.29) is 0 Å². The lowest BCUT2D eigenvalue weighted by atomic mass is 9.80. The molecule has 0 aromatic rings. The molecule has 0 saturated heterocycles. The minimum absolute atomic E-state index is 0.322. The molecule has 108 valence electrons. The third kappa shape index (κ3) is 6.17. The van der Waals surface area contributed by atoms with Crippen LogP contribution in [0.4, 0.5) is 0 Å². The van der Waals surface area contributed by atoms with E-state index in [9.17, 15) is 0 Å². The van der Waals surface area contributed by atoms with Crippen molar-refractivity contribution in [3.8, 4) is 0 Å². The van der Waals surface area contributed by atoms with Gasteiger partial charge in [0.25, 0.3) is 0 Å². The Morgan fingerprint density at radius 1 is 1.06 bits per heavy atom. The summed E-state index contributed by atoms with van der Waals surface area (Å²) in [6.07, 6.45) is 5.29. The van der Waals surface area contributed by atoms with Crippen LogP contribution in [0.5, 0.6) is 0 Å². The van der Waals surface area contributed by atoms with E-state index in [1.807, 2.05) is 7.11 Å². The molecular formula is C15H30O3. The molecule has 3 nitrogen and oxygen atoms in total. The molecule has 1 aliphatic carbocycles. The van der Waals surface area contributed by atoms with Gasteiger partial charge in [-0.25, -0.2) is 0 Å². The van der Waals surface area contributed by atoms with Gasteiger partial charge in [-0.3, -0.25) is 0 Å². The molecule has 0 aliphatic heterocycles. The van der Waals surface area contributed by atoms with Crippen LogP contribution in [-0.2, 0) is 14.2 Å². The SMILES string of the molecule is CCCOCC1CC(COC(C)C)CC(OC)C1. The highest BCUT2D eigenvalue weighted by Gasteiger charge is 2.29. The average molecular weight is 258 g/mol. The summed E-state index contributed by atoms with van der Waals surface area (Å²) in [5.74, 6) is 1.26. The molecule has 0 heterocycles. The fraction of sp³-hybridized carbons (Fsp3) is 1.00. The van der Waals surface area contributed by atoms with Crippen molar-refractivity contribution in [3.05, 3.63) is 0 Å². The van der Waals surface area contributed by atoms with Gasteiger partial charge in [-0.1, -0.05) is 6.92 Å². The zero-order chi connectivity index (χ0) is 13.4. The van der Waals surface area contributed by atoms with Crippen molar-refractivity contribution in [1.82, 2.24) is 0 Å². The smallest absolute Gasteiger partial charge is 0.0578 e. The first kappa shape index (κ1) is 15.9. The number of rotatable bonds is 8. The quantitative estimate of drug-likeness (QED) is 0.625. The molecule has 0 amide bonds. The highest BCUT2D eigenvalue weighted by atomic mass is 16.5. The second kappa shape index (κ2) is 8.89. The monoisotopic (exact) mass is 258 g/mol. The van der Waals surface area contributed by atoms with E-state index in [4.69, 9.17) is 14.2 Å². The molecule has 3 atom stereocenters. The first-order valence-electron chi connectivity index (χ1n) is 7.37. The predicted octanol–water partition coefficient (Wildman–Crippen LogP) is 3.27. The highest BCUT2D eigenvalue weighted by Crippen LogP contribution is 2.31. The molecule has 1 aliphatic rings. The summed E-state index contributed by atoms with van der Waals surface area (Å²) in [7, 11) is 1.82. The van der Waals surface area contributed by atoms with E-state index in [2.05, 4.69) is 20.8 Å². The first-order valence-corrected chi connectivity index (χ1v) is 7.37. The van der Waals surface area contributed by atoms with Gasteiger partial charge in [-0.2, -0.15) is 0 Å². The highest BCUT2D eigenvalue weighted by molar-refractivity contribution is 4.79. The van der Waals surface area contributed by atoms with Crippen molar-refractivity contribution >= 4 is 0 Å². The predicted molar refractivity (Wildman–Crippen MR) is 73.8 cm³/mol. The Bertz CT molecular complexity index is 206.